The quantitative estimate of drug-likeness (QED) is 0.897. The monoisotopic (exact) mass is 253 g/mol. The van der Waals surface area contributed by atoms with E-state index in [0.29, 0.717) is 0 Å². The first-order valence-electron chi connectivity index (χ1n) is 6.53. The van der Waals surface area contributed by atoms with Crippen LogP contribution in [0, 0.1) is 0 Å². The van der Waals surface area contributed by atoms with Gasteiger partial charge in [0.15, 0.2) is 0 Å². The molecule has 0 unspecified atom stereocenters. The predicted octanol–water partition coefficient (Wildman–Crippen LogP) is 2.75. The maximum Gasteiger partial charge on any atom is 0.126 e. The SMILES string of the molecule is CCn1c(C(C)(C)C)nc(CC(C)(C)OC)c1N. The Bertz CT molecular complexity index is 413. The van der Waals surface area contributed by atoms with Crippen molar-refractivity contribution < 1.29 is 4.74 Å². The number of rotatable bonds is 4. The summed E-state index contributed by atoms with van der Waals surface area (Å²) in [5, 5.41) is 0. The minimum absolute atomic E-state index is 0.000402. The number of aromatic nitrogens is 2. The Kier molecular flexibility index (Phi) is 4.11. The maximum absolute atomic E-state index is 6.22. The molecule has 0 amide bonds. The van der Waals surface area contributed by atoms with E-state index in [1.807, 2.05) is 13.8 Å². The molecule has 2 N–H and O–H groups in total. The molecular weight excluding hydrogens is 226 g/mol. The Morgan fingerprint density at radius 2 is 1.78 bits per heavy atom. The van der Waals surface area contributed by atoms with Gasteiger partial charge in [0.2, 0.25) is 0 Å². The lowest BCUT2D eigenvalue weighted by molar-refractivity contribution is 0.0226. The molecule has 0 aliphatic carbocycles. The van der Waals surface area contributed by atoms with Gasteiger partial charge >= 0.3 is 0 Å². The number of ether oxygens (including phenoxy) is 1. The van der Waals surface area contributed by atoms with E-state index in [0.717, 1.165) is 30.3 Å². The topological polar surface area (TPSA) is 53.1 Å². The molecule has 1 rings (SSSR count). The summed E-state index contributed by atoms with van der Waals surface area (Å²) < 4.78 is 7.56. The van der Waals surface area contributed by atoms with Gasteiger partial charge in [-0.3, -0.25) is 0 Å². The Morgan fingerprint density at radius 1 is 1.22 bits per heavy atom. The highest BCUT2D eigenvalue weighted by molar-refractivity contribution is 5.40. The minimum atomic E-state index is -0.240. The molecule has 0 radical (unpaired) electrons. The zero-order chi connectivity index (χ0) is 14.1. The molecule has 1 aromatic rings. The van der Waals surface area contributed by atoms with Crippen molar-refractivity contribution in [2.75, 3.05) is 12.8 Å². The van der Waals surface area contributed by atoms with Crippen molar-refractivity contribution in [1.29, 1.82) is 0 Å². The molecule has 4 nitrogen and oxygen atoms in total. The third-order valence-electron chi connectivity index (χ3n) is 3.22. The number of hydrogen-bond donors (Lipinski definition) is 1. The zero-order valence-corrected chi connectivity index (χ0v) is 12.8. The molecule has 0 aromatic carbocycles. The molecule has 4 heteroatoms. The second-order valence-electron chi connectivity index (χ2n) is 6.40. The van der Waals surface area contributed by atoms with Crippen LogP contribution in [-0.2, 0) is 23.1 Å². The Hall–Kier alpha value is -1.03. The first-order valence-corrected chi connectivity index (χ1v) is 6.53. The van der Waals surface area contributed by atoms with E-state index >= 15 is 0 Å². The highest BCUT2D eigenvalue weighted by Crippen LogP contribution is 2.28. The van der Waals surface area contributed by atoms with E-state index in [2.05, 4.69) is 32.3 Å². The van der Waals surface area contributed by atoms with Crippen molar-refractivity contribution in [2.45, 2.75) is 65.5 Å². The molecule has 0 saturated carbocycles. The molecule has 0 saturated heterocycles. The van der Waals surface area contributed by atoms with Crippen LogP contribution in [-0.4, -0.2) is 22.3 Å². The van der Waals surface area contributed by atoms with Gasteiger partial charge in [-0.05, 0) is 20.8 Å². The van der Waals surface area contributed by atoms with E-state index in [-0.39, 0.29) is 11.0 Å². The third kappa shape index (κ3) is 3.05. The van der Waals surface area contributed by atoms with Crippen molar-refractivity contribution >= 4 is 5.82 Å². The third-order valence-corrected chi connectivity index (χ3v) is 3.22. The summed E-state index contributed by atoms with van der Waals surface area (Å²) in [6.45, 7) is 13.5. The van der Waals surface area contributed by atoms with Crippen LogP contribution in [0.3, 0.4) is 0 Å². The standard InChI is InChI=1S/C14H27N3O/c1-8-17-11(15)10(9-14(5,6)18-7)16-12(17)13(2,3)4/h8-9,15H2,1-7H3. The summed E-state index contributed by atoms with van der Waals surface area (Å²) in [4.78, 5) is 4.74. The van der Waals surface area contributed by atoms with Crippen molar-refractivity contribution in [1.82, 2.24) is 9.55 Å². The molecule has 0 bridgehead atoms. The van der Waals surface area contributed by atoms with Crippen LogP contribution < -0.4 is 5.73 Å². The van der Waals surface area contributed by atoms with Crippen LogP contribution in [0.1, 0.15) is 53.1 Å². The van der Waals surface area contributed by atoms with Gasteiger partial charge < -0.3 is 15.0 Å². The van der Waals surface area contributed by atoms with Gasteiger partial charge in [-0.25, -0.2) is 4.98 Å². The molecular formula is C14H27N3O. The number of methoxy groups -OCH3 is 1. The van der Waals surface area contributed by atoms with Crippen LogP contribution in [0.4, 0.5) is 5.82 Å². The Balaban J connectivity index is 3.20. The second-order valence-corrected chi connectivity index (χ2v) is 6.40. The molecule has 0 aliphatic heterocycles. The fraction of sp³-hybridized carbons (Fsp3) is 0.786. The average molecular weight is 253 g/mol. The number of nitrogens with two attached hydrogens (primary N) is 1. The fourth-order valence-corrected chi connectivity index (χ4v) is 2.01. The van der Waals surface area contributed by atoms with Crippen LogP contribution >= 0.6 is 0 Å². The lowest BCUT2D eigenvalue weighted by Crippen LogP contribution is -2.26. The summed E-state index contributed by atoms with van der Waals surface area (Å²) in [6, 6.07) is 0. The Morgan fingerprint density at radius 3 is 2.11 bits per heavy atom. The molecule has 18 heavy (non-hydrogen) atoms. The number of anilines is 1. The van der Waals surface area contributed by atoms with Crippen molar-refractivity contribution in [3.05, 3.63) is 11.5 Å². The van der Waals surface area contributed by atoms with E-state index < -0.39 is 0 Å². The number of nitrogen functional groups attached to an aromatic ring is 1. The van der Waals surface area contributed by atoms with E-state index in [4.69, 9.17) is 15.5 Å². The molecule has 104 valence electrons. The van der Waals surface area contributed by atoms with Crippen LogP contribution in [0.25, 0.3) is 0 Å². The van der Waals surface area contributed by atoms with Gasteiger partial charge in [0.05, 0.1) is 11.3 Å². The van der Waals surface area contributed by atoms with Gasteiger partial charge in [-0.2, -0.15) is 0 Å². The molecule has 1 heterocycles. The molecule has 0 aliphatic rings. The van der Waals surface area contributed by atoms with Gasteiger partial charge in [0.25, 0.3) is 0 Å². The van der Waals surface area contributed by atoms with Crippen molar-refractivity contribution in [3.63, 3.8) is 0 Å². The Labute approximate surface area is 111 Å². The molecule has 0 spiro atoms. The predicted molar refractivity (Wildman–Crippen MR) is 75.8 cm³/mol. The van der Waals surface area contributed by atoms with Gasteiger partial charge in [0.1, 0.15) is 11.6 Å². The van der Waals surface area contributed by atoms with Crippen LogP contribution in [0.2, 0.25) is 0 Å². The summed E-state index contributed by atoms with van der Waals surface area (Å²) in [6.07, 6.45) is 0.728. The largest absolute Gasteiger partial charge is 0.384 e. The zero-order valence-electron chi connectivity index (χ0n) is 12.8. The summed E-state index contributed by atoms with van der Waals surface area (Å²) >= 11 is 0. The lowest BCUT2D eigenvalue weighted by atomic mass is 9.95. The van der Waals surface area contributed by atoms with E-state index in [9.17, 15) is 0 Å². The molecule has 1 aromatic heterocycles. The highest BCUT2D eigenvalue weighted by Gasteiger charge is 2.27. The molecule has 0 fully saturated rings. The second kappa shape index (κ2) is 4.92. The number of hydrogen-bond acceptors (Lipinski definition) is 3. The van der Waals surface area contributed by atoms with E-state index in [1.54, 1.807) is 7.11 Å². The highest BCUT2D eigenvalue weighted by atomic mass is 16.5. The molecule has 0 atom stereocenters. The first kappa shape index (κ1) is 15.0. The normalized spacial score (nSPS) is 13.1. The van der Waals surface area contributed by atoms with E-state index in [1.165, 1.54) is 0 Å². The minimum Gasteiger partial charge on any atom is -0.384 e. The first-order chi connectivity index (χ1) is 8.12. The summed E-state index contributed by atoms with van der Waals surface area (Å²) in [5.41, 5.74) is 6.92. The van der Waals surface area contributed by atoms with Gasteiger partial charge in [0, 0.05) is 25.5 Å². The van der Waals surface area contributed by atoms with Gasteiger partial charge in [-0.1, -0.05) is 20.8 Å². The smallest absolute Gasteiger partial charge is 0.126 e. The van der Waals surface area contributed by atoms with Crippen molar-refractivity contribution in [2.24, 2.45) is 0 Å². The number of nitrogens with zero attached hydrogens (tertiary/aromatic N) is 2. The van der Waals surface area contributed by atoms with Crippen molar-refractivity contribution in [3.8, 4) is 0 Å². The fourth-order valence-electron chi connectivity index (χ4n) is 2.01. The summed E-state index contributed by atoms with van der Waals surface area (Å²) in [5.74, 6) is 1.82. The van der Waals surface area contributed by atoms with Gasteiger partial charge in [-0.15, -0.1) is 0 Å². The lowest BCUT2D eigenvalue weighted by Gasteiger charge is -2.21. The van der Waals surface area contributed by atoms with Crippen LogP contribution in [0.5, 0.6) is 0 Å². The summed E-state index contributed by atoms with van der Waals surface area (Å²) in [7, 11) is 1.72. The average Bonchev–Trinajstić information content (AvgIpc) is 2.55. The number of imidazole rings is 1. The maximum atomic E-state index is 6.22. The van der Waals surface area contributed by atoms with Crippen LogP contribution in [0.15, 0.2) is 0 Å².